The Kier molecular flexibility index (Phi) is 6.96. The highest BCUT2D eigenvalue weighted by Gasteiger charge is 2.15. The van der Waals surface area contributed by atoms with Gasteiger partial charge in [0.25, 0.3) is 0 Å². The second kappa shape index (κ2) is 8.58. The van der Waals surface area contributed by atoms with Crippen molar-refractivity contribution in [1.29, 1.82) is 0 Å². The molecule has 0 saturated heterocycles. The van der Waals surface area contributed by atoms with Crippen molar-refractivity contribution in [1.82, 2.24) is 0 Å². The fraction of sp³-hybridized carbons (Fsp3) is 0.350. The Morgan fingerprint density at radius 2 is 2.00 bits per heavy atom. The molecular weight excluding hydrogens is 369 g/mol. The monoisotopic (exact) mass is 393 g/mol. The fourth-order valence-electron chi connectivity index (χ4n) is 2.89. The molecule has 2 aromatic carbocycles. The van der Waals surface area contributed by atoms with E-state index in [9.17, 15) is 4.79 Å². The molecule has 0 fully saturated rings. The molecule has 0 bridgehead atoms. The van der Waals surface area contributed by atoms with Gasteiger partial charge in [-0.15, -0.1) is 21.0 Å². The van der Waals surface area contributed by atoms with Crippen LogP contribution in [0.25, 0.3) is 0 Å². The molecule has 2 aromatic rings. The van der Waals surface area contributed by atoms with Crippen LogP contribution in [-0.4, -0.2) is 12.2 Å². The van der Waals surface area contributed by atoms with Crippen molar-refractivity contribution in [2.24, 2.45) is 0 Å². The van der Waals surface area contributed by atoms with Gasteiger partial charge in [0.1, 0.15) is 0 Å². The zero-order chi connectivity index (χ0) is 18.7. The number of halogens is 1. The maximum Gasteiger partial charge on any atom is 0.221 e. The van der Waals surface area contributed by atoms with Gasteiger partial charge in [-0.05, 0) is 59.9 Å². The highest BCUT2D eigenvalue weighted by atomic mass is 35.5. The molecule has 0 aliphatic rings. The minimum absolute atomic E-state index is 0.0962. The molecule has 5 heteroatoms. The lowest BCUT2D eigenvalue weighted by atomic mass is 9.95. The zero-order valence-electron chi connectivity index (χ0n) is 15.4. The van der Waals surface area contributed by atoms with Gasteiger partial charge in [0.05, 0.1) is 5.02 Å². The number of thioether (sulfide) groups is 1. The summed E-state index contributed by atoms with van der Waals surface area (Å²) in [6.07, 6.45) is 2.89. The van der Waals surface area contributed by atoms with Gasteiger partial charge in [-0.25, -0.2) is 0 Å². The van der Waals surface area contributed by atoms with Crippen molar-refractivity contribution >= 4 is 49.5 Å². The quantitative estimate of drug-likeness (QED) is 0.533. The van der Waals surface area contributed by atoms with Crippen molar-refractivity contribution in [3.05, 3.63) is 51.5 Å². The minimum Gasteiger partial charge on any atom is -0.326 e. The van der Waals surface area contributed by atoms with E-state index >= 15 is 0 Å². The number of carbonyl (C=O) groups is 1. The van der Waals surface area contributed by atoms with Crippen LogP contribution >= 0.6 is 32.6 Å². The predicted octanol–water partition coefficient (Wildman–Crippen LogP) is 5.54. The molecule has 0 spiro atoms. The summed E-state index contributed by atoms with van der Waals surface area (Å²) in [4.78, 5) is 12.7. The van der Waals surface area contributed by atoms with Gasteiger partial charge in [-0.1, -0.05) is 37.6 Å². The van der Waals surface area contributed by atoms with Gasteiger partial charge >= 0.3 is 0 Å². The Bertz CT molecular complexity index is 805. The summed E-state index contributed by atoms with van der Waals surface area (Å²) in [5.74, 6) is 0.388. The lowest BCUT2D eigenvalue weighted by Crippen LogP contribution is -2.14. The molecule has 2 nitrogen and oxygen atoms in total. The Hall–Kier alpha value is -1.02. The number of hydrogen-bond donors (Lipinski definition) is 1. The molecule has 1 N–H and O–H groups in total. The summed E-state index contributed by atoms with van der Waals surface area (Å²) >= 11 is 8.41. The summed E-state index contributed by atoms with van der Waals surface area (Å²) in [6, 6.07) is 8.66. The van der Waals surface area contributed by atoms with Crippen LogP contribution in [0.15, 0.2) is 29.2 Å². The molecule has 0 aliphatic heterocycles. The third kappa shape index (κ3) is 4.78. The second-order valence-corrected chi connectivity index (χ2v) is 8.34. The van der Waals surface area contributed by atoms with Gasteiger partial charge in [0.15, 0.2) is 0 Å². The minimum atomic E-state index is -0.0962. The molecule has 0 radical (unpaired) electrons. The average molecular weight is 394 g/mol. The smallest absolute Gasteiger partial charge is 0.221 e. The molecule has 0 heterocycles. The number of nitrogens with one attached hydrogen (secondary N) is 1. The van der Waals surface area contributed by atoms with Gasteiger partial charge < -0.3 is 5.32 Å². The highest BCUT2D eigenvalue weighted by molar-refractivity contribution is 7.98. The molecule has 2 rings (SSSR count). The summed E-state index contributed by atoms with van der Waals surface area (Å²) < 4.78 is 0. The number of hydrogen-bond acceptors (Lipinski definition) is 2. The Labute approximate surface area is 162 Å². The van der Waals surface area contributed by atoms with Crippen LogP contribution in [-0.2, 0) is 11.2 Å². The number of carbonyl (C=O) groups excluding carboxylic acids is 1. The Balaban J connectivity index is 2.42. The maximum absolute atomic E-state index is 11.4. The SMILES string of the molecule is CSc1ccc(Cc2c(C)cc(NC(C)=O)c(P)c2Cl)cc1C(C)C. The molecule has 25 heavy (non-hydrogen) atoms. The number of rotatable bonds is 5. The third-order valence-corrected chi connectivity index (χ3v) is 6.26. The lowest BCUT2D eigenvalue weighted by molar-refractivity contribution is -0.114. The van der Waals surface area contributed by atoms with Crippen LogP contribution in [0.3, 0.4) is 0 Å². The van der Waals surface area contributed by atoms with Gasteiger partial charge in [0, 0.05) is 22.8 Å². The van der Waals surface area contributed by atoms with Crippen molar-refractivity contribution in [3.8, 4) is 0 Å². The average Bonchev–Trinajstić information content (AvgIpc) is 2.55. The van der Waals surface area contributed by atoms with Crippen molar-refractivity contribution in [3.63, 3.8) is 0 Å². The van der Waals surface area contributed by atoms with Crippen LogP contribution in [0.4, 0.5) is 5.69 Å². The van der Waals surface area contributed by atoms with Gasteiger partial charge in [-0.3, -0.25) is 4.79 Å². The largest absolute Gasteiger partial charge is 0.326 e. The van der Waals surface area contributed by atoms with E-state index in [4.69, 9.17) is 11.6 Å². The first-order valence-electron chi connectivity index (χ1n) is 8.26. The first kappa shape index (κ1) is 20.3. The predicted molar refractivity (Wildman–Crippen MR) is 115 cm³/mol. The highest BCUT2D eigenvalue weighted by Crippen LogP contribution is 2.31. The van der Waals surface area contributed by atoms with E-state index in [1.54, 1.807) is 11.8 Å². The normalized spacial score (nSPS) is 11.0. The summed E-state index contributed by atoms with van der Waals surface area (Å²) in [7, 11) is 2.65. The molecule has 0 aliphatic carbocycles. The van der Waals surface area contributed by atoms with Crippen molar-refractivity contribution in [2.75, 3.05) is 11.6 Å². The fourth-order valence-corrected chi connectivity index (χ4v) is 4.28. The molecule has 1 atom stereocenters. The van der Waals surface area contributed by atoms with E-state index in [1.165, 1.54) is 22.9 Å². The van der Waals surface area contributed by atoms with Crippen LogP contribution in [0.2, 0.25) is 5.02 Å². The Morgan fingerprint density at radius 1 is 1.32 bits per heavy atom. The first-order chi connectivity index (χ1) is 11.7. The maximum atomic E-state index is 11.4. The number of aryl methyl sites for hydroxylation is 1. The summed E-state index contributed by atoms with van der Waals surface area (Å²) in [5, 5.41) is 4.38. The van der Waals surface area contributed by atoms with Crippen LogP contribution < -0.4 is 10.6 Å². The van der Waals surface area contributed by atoms with Crippen LogP contribution in [0, 0.1) is 6.92 Å². The number of amides is 1. The van der Waals surface area contributed by atoms with Crippen molar-refractivity contribution < 1.29 is 4.79 Å². The molecule has 0 saturated carbocycles. The number of benzene rings is 2. The van der Waals surface area contributed by atoms with Gasteiger partial charge in [0.2, 0.25) is 5.91 Å². The van der Waals surface area contributed by atoms with E-state index < -0.39 is 0 Å². The standard InChI is InChI=1S/C20H25ClNOPS/c1-11(2)15-9-14(6-7-18(15)25-5)10-16-12(3)8-17(22-13(4)23)20(24)19(16)21/h6-9,11H,10,24H2,1-5H3,(H,22,23). The summed E-state index contributed by atoms with van der Waals surface area (Å²) in [6.45, 7) is 7.98. The van der Waals surface area contributed by atoms with E-state index in [0.717, 1.165) is 28.5 Å². The third-order valence-electron chi connectivity index (χ3n) is 4.24. The topological polar surface area (TPSA) is 29.1 Å². The summed E-state index contributed by atoms with van der Waals surface area (Å²) in [5.41, 5.74) is 5.57. The lowest BCUT2D eigenvalue weighted by Gasteiger charge is -2.17. The molecular formula is C20H25ClNOPS. The molecule has 134 valence electrons. The Morgan fingerprint density at radius 3 is 2.56 bits per heavy atom. The van der Waals surface area contributed by atoms with Gasteiger partial charge in [-0.2, -0.15) is 0 Å². The van der Waals surface area contributed by atoms with E-state index in [-0.39, 0.29) is 5.91 Å². The first-order valence-corrected chi connectivity index (χ1v) is 10.4. The second-order valence-electron chi connectivity index (χ2n) is 6.54. The number of anilines is 1. The molecule has 1 unspecified atom stereocenters. The molecule has 1 amide bonds. The van der Waals surface area contributed by atoms with E-state index in [2.05, 4.69) is 52.9 Å². The molecule has 0 aromatic heterocycles. The van der Waals surface area contributed by atoms with Crippen molar-refractivity contribution in [2.45, 2.75) is 44.9 Å². The van der Waals surface area contributed by atoms with E-state index in [1.807, 2.05) is 13.0 Å². The van der Waals surface area contributed by atoms with E-state index in [0.29, 0.717) is 10.9 Å². The van der Waals surface area contributed by atoms with Crippen LogP contribution in [0.1, 0.15) is 48.9 Å². The zero-order valence-corrected chi connectivity index (χ0v) is 18.1. The van der Waals surface area contributed by atoms with Crippen LogP contribution in [0.5, 0.6) is 0 Å².